The van der Waals surface area contributed by atoms with Gasteiger partial charge in [0.15, 0.2) is 6.10 Å². The Kier molecular flexibility index (Phi) is 4.40. The van der Waals surface area contributed by atoms with Crippen molar-refractivity contribution in [1.29, 1.82) is 0 Å². The highest BCUT2D eigenvalue weighted by Crippen LogP contribution is 2.30. The number of thiophene rings is 1. The van der Waals surface area contributed by atoms with Gasteiger partial charge in [0.1, 0.15) is 4.88 Å². The first-order valence-electron chi connectivity index (χ1n) is 8.43. The highest BCUT2D eigenvalue weighted by molar-refractivity contribution is 7.20. The Labute approximate surface area is 162 Å². The minimum Gasteiger partial charge on any atom is -0.450 e. The minimum atomic E-state index is -0.966. The number of nitro benzene ring substituents is 1. The standard InChI is InChI=1S/C20H14N2O5S/c1-11(19(23)15-10-21-16-5-3-2-4-14(15)16)27-20(24)18-9-12-8-13(22(25)26)6-7-17(12)28-18/h2-11,21H,1H3. The summed E-state index contributed by atoms with van der Waals surface area (Å²) in [6.07, 6.45) is 0.641. The predicted octanol–water partition coefficient (Wildman–Crippen LogP) is 4.72. The number of rotatable bonds is 5. The van der Waals surface area contributed by atoms with Gasteiger partial charge in [0.25, 0.3) is 5.69 Å². The minimum absolute atomic E-state index is 0.0481. The summed E-state index contributed by atoms with van der Waals surface area (Å²) in [5, 5.41) is 12.2. The maximum absolute atomic E-state index is 12.7. The van der Waals surface area contributed by atoms with E-state index in [0.29, 0.717) is 10.9 Å². The van der Waals surface area contributed by atoms with Crippen molar-refractivity contribution in [3.05, 3.63) is 75.3 Å². The zero-order chi connectivity index (χ0) is 19.8. The van der Waals surface area contributed by atoms with Gasteiger partial charge in [-0.05, 0) is 25.1 Å². The summed E-state index contributed by atoms with van der Waals surface area (Å²) in [5.41, 5.74) is 1.24. The Morgan fingerprint density at radius 1 is 1.18 bits per heavy atom. The van der Waals surface area contributed by atoms with Crippen LogP contribution in [0.2, 0.25) is 0 Å². The summed E-state index contributed by atoms with van der Waals surface area (Å²) in [6, 6.07) is 13.3. The van der Waals surface area contributed by atoms with Gasteiger partial charge in [-0.2, -0.15) is 0 Å². The van der Waals surface area contributed by atoms with Crippen molar-refractivity contribution in [2.75, 3.05) is 0 Å². The van der Waals surface area contributed by atoms with Crippen LogP contribution in [0.1, 0.15) is 27.0 Å². The molecule has 0 aliphatic heterocycles. The SMILES string of the molecule is CC(OC(=O)c1cc2cc([N+](=O)[O-])ccc2s1)C(=O)c1c[nH]c2ccccc12. The van der Waals surface area contributed by atoms with Crippen molar-refractivity contribution in [1.82, 2.24) is 4.98 Å². The number of hydrogen-bond acceptors (Lipinski definition) is 6. The van der Waals surface area contributed by atoms with E-state index in [0.717, 1.165) is 26.9 Å². The fraction of sp³-hybridized carbons (Fsp3) is 0.100. The average molecular weight is 394 g/mol. The van der Waals surface area contributed by atoms with Gasteiger partial charge in [-0.1, -0.05) is 18.2 Å². The summed E-state index contributed by atoms with van der Waals surface area (Å²) in [5.74, 6) is -0.938. The van der Waals surface area contributed by atoms with Crippen LogP contribution in [0.3, 0.4) is 0 Å². The first-order valence-corrected chi connectivity index (χ1v) is 9.25. The molecule has 4 rings (SSSR count). The molecular weight excluding hydrogens is 380 g/mol. The average Bonchev–Trinajstić information content (AvgIpc) is 3.30. The lowest BCUT2D eigenvalue weighted by Gasteiger charge is -2.11. The van der Waals surface area contributed by atoms with Gasteiger partial charge in [0, 0.05) is 44.9 Å². The Balaban J connectivity index is 1.55. The molecule has 2 aromatic heterocycles. The van der Waals surface area contributed by atoms with Crippen LogP contribution in [-0.2, 0) is 4.74 Å². The van der Waals surface area contributed by atoms with Crippen LogP contribution in [-0.4, -0.2) is 27.8 Å². The van der Waals surface area contributed by atoms with Crippen LogP contribution < -0.4 is 0 Å². The maximum Gasteiger partial charge on any atom is 0.349 e. The number of Topliss-reactive ketones (excluding diaryl/α,β-unsaturated/α-hetero) is 1. The third-order valence-corrected chi connectivity index (χ3v) is 5.52. The molecule has 0 bridgehead atoms. The molecule has 7 nitrogen and oxygen atoms in total. The van der Waals surface area contributed by atoms with E-state index in [-0.39, 0.29) is 16.3 Å². The number of benzene rings is 2. The van der Waals surface area contributed by atoms with Crippen LogP contribution in [0, 0.1) is 10.1 Å². The number of nitro groups is 1. The molecule has 1 unspecified atom stereocenters. The number of carbonyl (C=O) groups excluding carboxylic acids is 2. The van der Waals surface area contributed by atoms with Crippen molar-refractivity contribution < 1.29 is 19.2 Å². The molecule has 1 N–H and O–H groups in total. The summed E-state index contributed by atoms with van der Waals surface area (Å²) < 4.78 is 6.08. The third-order valence-electron chi connectivity index (χ3n) is 4.42. The second-order valence-electron chi connectivity index (χ2n) is 6.25. The van der Waals surface area contributed by atoms with Crippen LogP contribution in [0.25, 0.3) is 21.0 Å². The molecule has 140 valence electrons. The molecule has 28 heavy (non-hydrogen) atoms. The third kappa shape index (κ3) is 3.14. The zero-order valence-corrected chi connectivity index (χ0v) is 15.5. The number of esters is 1. The number of aromatic nitrogens is 1. The molecule has 8 heteroatoms. The summed E-state index contributed by atoms with van der Waals surface area (Å²) in [7, 11) is 0. The summed E-state index contributed by atoms with van der Waals surface area (Å²) >= 11 is 1.16. The maximum atomic E-state index is 12.7. The topological polar surface area (TPSA) is 102 Å². The Morgan fingerprint density at radius 2 is 1.96 bits per heavy atom. The molecule has 1 atom stereocenters. The molecule has 0 aliphatic carbocycles. The first kappa shape index (κ1) is 17.9. The van der Waals surface area contributed by atoms with Gasteiger partial charge in [-0.25, -0.2) is 4.79 Å². The van der Waals surface area contributed by atoms with Gasteiger partial charge in [0.2, 0.25) is 5.78 Å². The van der Waals surface area contributed by atoms with Crippen molar-refractivity contribution in [2.45, 2.75) is 13.0 Å². The number of nitrogens with zero attached hydrogens (tertiary/aromatic N) is 1. The number of fused-ring (bicyclic) bond motifs is 2. The van der Waals surface area contributed by atoms with Gasteiger partial charge < -0.3 is 9.72 Å². The van der Waals surface area contributed by atoms with Crippen LogP contribution >= 0.6 is 11.3 Å². The number of hydrogen-bond donors (Lipinski definition) is 1. The molecule has 0 amide bonds. The van der Waals surface area contributed by atoms with E-state index < -0.39 is 17.0 Å². The number of ether oxygens (including phenoxy) is 1. The fourth-order valence-electron chi connectivity index (χ4n) is 3.01. The number of para-hydroxylation sites is 1. The molecule has 0 aliphatic rings. The molecule has 0 saturated carbocycles. The molecule has 0 saturated heterocycles. The second kappa shape index (κ2) is 6.90. The van der Waals surface area contributed by atoms with Gasteiger partial charge >= 0.3 is 5.97 Å². The zero-order valence-electron chi connectivity index (χ0n) is 14.7. The predicted molar refractivity (Wildman–Crippen MR) is 106 cm³/mol. The Hall–Kier alpha value is -3.52. The largest absolute Gasteiger partial charge is 0.450 e. The molecule has 0 fully saturated rings. The molecule has 2 aromatic carbocycles. The number of ketones is 1. The lowest BCUT2D eigenvalue weighted by Crippen LogP contribution is -2.23. The second-order valence-corrected chi connectivity index (χ2v) is 7.33. The quantitative estimate of drug-likeness (QED) is 0.228. The van der Waals surface area contributed by atoms with Crippen LogP contribution in [0.5, 0.6) is 0 Å². The fourth-order valence-corrected chi connectivity index (χ4v) is 3.94. The van der Waals surface area contributed by atoms with E-state index in [4.69, 9.17) is 4.74 Å². The smallest absolute Gasteiger partial charge is 0.349 e. The summed E-state index contributed by atoms with van der Waals surface area (Å²) in [4.78, 5) is 38.9. The molecular formula is C20H14N2O5S. The van der Waals surface area contributed by atoms with Gasteiger partial charge in [-0.15, -0.1) is 11.3 Å². The first-order chi connectivity index (χ1) is 13.4. The monoisotopic (exact) mass is 394 g/mol. The lowest BCUT2D eigenvalue weighted by atomic mass is 10.1. The number of carbonyl (C=O) groups is 2. The van der Waals surface area contributed by atoms with E-state index in [9.17, 15) is 19.7 Å². The number of non-ortho nitro benzene ring substituents is 1. The van der Waals surface area contributed by atoms with E-state index in [1.807, 2.05) is 24.3 Å². The van der Waals surface area contributed by atoms with Crippen molar-refractivity contribution in [3.63, 3.8) is 0 Å². The molecule has 4 aromatic rings. The molecule has 0 radical (unpaired) electrons. The normalized spacial score (nSPS) is 12.2. The molecule has 2 heterocycles. The lowest BCUT2D eigenvalue weighted by molar-refractivity contribution is -0.384. The van der Waals surface area contributed by atoms with Crippen LogP contribution in [0.4, 0.5) is 5.69 Å². The molecule has 0 spiro atoms. The van der Waals surface area contributed by atoms with E-state index in [2.05, 4.69) is 4.98 Å². The summed E-state index contributed by atoms with van der Waals surface area (Å²) in [6.45, 7) is 1.53. The number of nitrogens with one attached hydrogen (secondary N) is 1. The highest BCUT2D eigenvalue weighted by atomic mass is 32.1. The number of H-pyrrole nitrogens is 1. The van der Waals surface area contributed by atoms with Gasteiger partial charge in [0.05, 0.1) is 4.92 Å². The Bertz CT molecular complexity index is 1240. The Morgan fingerprint density at radius 3 is 2.75 bits per heavy atom. The highest BCUT2D eigenvalue weighted by Gasteiger charge is 2.24. The van der Waals surface area contributed by atoms with Crippen LogP contribution in [0.15, 0.2) is 54.7 Å². The van der Waals surface area contributed by atoms with Gasteiger partial charge in [-0.3, -0.25) is 14.9 Å². The van der Waals surface area contributed by atoms with Crippen molar-refractivity contribution in [2.24, 2.45) is 0 Å². The van der Waals surface area contributed by atoms with Crippen molar-refractivity contribution >= 4 is 49.8 Å². The van der Waals surface area contributed by atoms with E-state index in [1.165, 1.54) is 25.1 Å². The van der Waals surface area contributed by atoms with E-state index in [1.54, 1.807) is 12.3 Å². The van der Waals surface area contributed by atoms with E-state index >= 15 is 0 Å². The van der Waals surface area contributed by atoms with Crippen molar-refractivity contribution in [3.8, 4) is 0 Å². The number of aromatic amines is 1.